The van der Waals surface area contributed by atoms with Crippen LogP contribution in [0.2, 0.25) is 5.02 Å². The van der Waals surface area contributed by atoms with Crippen molar-refractivity contribution < 1.29 is 0 Å². The molecule has 0 bridgehead atoms. The zero-order valence-corrected chi connectivity index (χ0v) is 6.31. The van der Waals surface area contributed by atoms with Crippen molar-refractivity contribution in [1.29, 1.82) is 5.26 Å². The van der Waals surface area contributed by atoms with Gasteiger partial charge < -0.3 is 0 Å². The minimum atomic E-state index is 0.655. The van der Waals surface area contributed by atoms with E-state index in [4.69, 9.17) is 16.9 Å². The van der Waals surface area contributed by atoms with Gasteiger partial charge in [0.15, 0.2) is 0 Å². The highest BCUT2D eigenvalue weighted by molar-refractivity contribution is 6.45. The average Bonchev–Trinajstić information content (AvgIpc) is 1.95. The Hall–Kier alpha value is -0.935. The van der Waals surface area contributed by atoms with Crippen LogP contribution in [0.5, 0.6) is 0 Å². The van der Waals surface area contributed by atoms with Gasteiger partial charge in [0.1, 0.15) is 7.85 Å². The fraction of sp³-hybridized carbons (Fsp3) is 0. The summed E-state index contributed by atoms with van der Waals surface area (Å²) in [5.74, 6) is 0. The molecule has 0 unspecified atom stereocenters. The van der Waals surface area contributed by atoms with Gasteiger partial charge in [-0.1, -0.05) is 17.1 Å². The summed E-state index contributed by atoms with van der Waals surface area (Å²) in [6, 6.07) is 7.24. The molecule has 48 valence electrons. The minimum Gasteiger partial charge on any atom is -0.192 e. The standard InChI is InChI=1S/C7H5BClN/c8-6-3-5(4-10)1-2-7(6)9/h1-3H,8H2. The summed E-state index contributed by atoms with van der Waals surface area (Å²) in [7, 11) is 1.88. The Morgan fingerprint density at radius 2 is 2.20 bits per heavy atom. The molecule has 0 radical (unpaired) electrons. The van der Waals surface area contributed by atoms with Crippen molar-refractivity contribution in [1.82, 2.24) is 0 Å². The van der Waals surface area contributed by atoms with Crippen LogP contribution in [0.1, 0.15) is 5.56 Å². The first-order valence-electron chi connectivity index (χ1n) is 2.90. The molecule has 3 heteroatoms. The maximum absolute atomic E-state index is 8.46. The van der Waals surface area contributed by atoms with E-state index in [9.17, 15) is 0 Å². The Bertz CT molecular complexity index is 290. The van der Waals surface area contributed by atoms with Crippen LogP contribution in [0.25, 0.3) is 0 Å². The molecular formula is C7H5BClN. The second-order valence-electron chi connectivity index (χ2n) is 2.08. The lowest BCUT2D eigenvalue weighted by Gasteiger charge is -1.94. The van der Waals surface area contributed by atoms with Crippen LogP contribution in [0.4, 0.5) is 0 Å². The third-order valence-electron chi connectivity index (χ3n) is 1.29. The van der Waals surface area contributed by atoms with E-state index in [1.807, 2.05) is 13.9 Å². The van der Waals surface area contributed by atoms with E-state index >= 15 is 0 Å². The molecule has 0 atom stereocenters. The topological polar surface area (TPSA) is 23.8 Å². The van der Waals surface area contributed by atoms with E-state index in [2.05, 4.69) is 0 Å². The summed E-state index contributed by atoms with van der Waals surface area (Å²) >= 11 is 5.73. The molecule has 0 fully saturated rings. The Labute approximate surface area is 65.6 Å². The Balaban J connectivity index is 3.20. The molecule has 1 aromatic carbocycles. The molecular weight excluding hydrogens is 144 g/mol. The summed E-state index contributed by atoms with van der Waals surface area (Å²) in [6.07, 6.45) is 0. The first-order chi connectivity index (χ1) is 4.74. The van der Waals surface area contributed by atoms with E-state index in [-0.39, 0.29) is 0 Å². The molecule has 1 rings (SSSR count). The molecule has 0 aliphatic heterocycles. The van der Waals surface area contributed by atoms with Crippen molar-refractivity contribution in [3.8, 4) is 6.07 Å². The quantitative estimate of drug-likeness (QED) is 0.492. The number of benzene rings is 1. The van der Waals surface area contributed by atoms with Gasteiger partial charge in [-0.25, -0.2) is 0 Å². The summed E-state index contributed by atoms with van der Waals surface area (Å²) < 4.78 is 0. The first-order valence-corrected chi connectivity index (χ1v) is 3.28. The lowest BCUT2D eigenvalue weighted by atomic mass is 9.95. The normalized spacial score (nSPS) is 8.80. The predicted molar refractivity (Wildman–Crippen MR) is 44.3 cm³/mol. The molecule has 1 aromatic rings. The Morgan fingerprint density at radius 1 is 1.50 bits per heavy atom. The second-order valence-corrected chi connectivity index (χ2v) is 2.48. The highest BCUT2D eigenvalue weighted by atomic mass is 35.5. The fourth-order valence-electron chi connectivity index (χ4n) is 0.714. The second kappa shape index (κ2) is 2.77. The van der Waals surface area contributed by atoms with Crippen LogP contribution in [0.3, 0.4) is 0 Å². The molecule has 0 heterocycles. The van der Waals surface area contributed by atoms with Crippen LogP contribution in [0.15, 0.2) is 18.2 Å². The van der Waals surface area contributed by atoms with Crippen LogP contribution < -0.4 is 5.46 Å². The number of nitrogens with zero attached hydrogens (tertiary/aromatic N) is 1. The van der Waals surface area contributed by atoms with E-state index < -0.39 is 0 Å². The molecule has 0 saturated carbocycles. The summed E-state index contributed by atoms with van der Waals surface area (Å²) in [5.41, 5.74) is 1.60. The van der Waals surface area contributed by atoms with Crippen molar-refractivity contribution in [3.63, 3.8) is 0 Å². The van der Waals surface area contributed by atoms with E-state index in [0.717, 1.165) is 5.46 Å². The molecule has 0 spiro atoms. The predicted octanol–water partition coefficient (Wildman–Crippen LogP) is 0.470. The smallest absolute Gasteiger partial charge is 0.141 e. The molecule has 0 N–H and O–H groups in total. The summed E-state index contributed by atoms with van der Waals surface area (Å²) in [6.45, 7) is 0. The van der Waals surface area contributed by atoms with Crippen LogP contribution in [0, 0.1) is 11.3 Å². The number of rotatable bonds is 0. The molecule has 0 aromatic heterocycles. The van der Waals surface area contributed by atoms with E-state index in [1.165, 1.54) is 0 Å². The van der Waals surface area contributed by atoms with Gasteiger partial charge in [-0.2, -0.15) is 5.26 Å². The maximum atomic E-state index is 8.46. The summed E-state index contributed by atoms with van der Waals surface area (Å²) in [4.78, 5) is 0. The van der Waals surface area contributed by atoms with Crippen molar-refractivity contribution in [3.05, 3.63) is 28.8 Å². The zero-order valence-electron chi connectivity index (χ0n) is 5.56. The molecule has 0 aliphatic carbocycles. The Kier molecular flexibility index (Phi) is 1.98. The largest absolute Gasteiger partial charge is 0.192 e. The van der Waals surface area contributed by atoms with Crippen molar-refractivity contribution in [2.24, 2.45) is 0 Å². The number of hydrogen-bond donors (Lipinski definition) is 0. The van der Waals surface area contributed by atoms with Gasteiger partial charge in [0, 0.05) is 5.02 Å². The highest BCUT2D eigenvalue weighted by Gasteiger charge is 1.94. The van der Waals surface area contributed by atoms with E-state index in [0.29, 0.717) is 10.6 Å². The van der Waals surface area contributed by atoms with Gasteiger partial charge in [0.2, 0.25) is 0 Å². The van der Waals surface area contributed by atoms with Gasteiger partial charge in [-0.3, -0.25) is 0 Å². The lowest BCUT2D eigenvalue weighted by molar-refractivity contribution is 1.49. The zero-order chi connectivity index (χ0) is 7.56. The molecule has 0 saturated heterocycles. The van der Waals surface area contributed by atoms with Crippen LogP contribution in [-0.4, -0.2) is 7.85 Å². The Morgan fingerprint density at radius 3 is 2.70 bits per heavy atom. The lowest BCUT2D eigenvalue weighted by Crippen LogP contribution is -2.03. The fourth-order valence-corrected chi connectivity index (χ4v) is 0.832. The minimum absolute atomic E-state index is 0.655. The van der Waals surface area contributed by atoms with Gasteiger partial charge >= 0.3 is 0 Å². The average molecular weight is 149 g/mol. The molecule has 0 amide bonds. The van der Waals surface area contributed by atoms with Gasteiger partial charge in [-0.05, 0) is 18.2 Å². The summed E-state index contributed by atoms with van der Waals surface area (Å²) in [5, 5.41) is 9.17. The van der Waals surface area contributed by atoms with Crippen molar-refractivity contribution in [2.75, 3.05) is 0 Å². The van der Waals surface area contributed by atoms with Crippen LogP contribution in [-0.2, 0) is 0 Å². The maximum Gasteiger partial charge on any atom is 0.141 e. The van der Waals surface area contributed by atoms with E-state index in [1.54, 1.807) is 18.2 Å². The van der Waals surface area contributed by atoms with Gasteiger partial charge in [0.05, 0.1) is 11.6 Å². The number of nitriles is 1. The monoisotopic (exact) mass is 149 g/mol. The van der Waals surface area contributed by atoms with Crippen molar-refractivity contribution >= 4 is 24.9 Å². The third-order valence-corrected chi connectivity index (χ3v) is 1.71. The highest BCUT2D eigenvalue weighted by Crippen LogP contribution is 2.04. The molecule has 1 nitrogen and oxygen atoms in total. The molecule has 0 aliphatic rings. The number of halogens is 1. The SMILES string of the molecule is Bc1cc(C#N)ccc1Cl. The van der Waals surface area contributed by atoms with Crippen LogP contribution >= 0.6 is 11.6 Å². The third kappa shape index (κ3) is 1.31. The van der Waals surface area contributed by atoms with Crippen molar-refractivity contribution in [2.45, 2.75) is 0 Å². The molecule has 10 heavy (non-hydrogen) atoms. The van der Waals surface area contributed by atoms with Gasteiger partial charge in [0.25, 0.3) is 0 Å². The first kappa shape index (κ1) is 7.18. The van der Waals surface area contributed by atoms with Gasteiger partial charge in [-0.15, -0.1) is 0 Å². The number of hydrogen-bond acceptors (Lipinski definition) is 1.